The van der Waals surface area contributed by atoms with E-state index in [0.717, 1.165) is 16.7 Å². The number of pyridine rings is 1. The molecule has 7 heteroatoms. The number of nitrogens with zero attached hydrogens (tertiary/aromatic N) is 2. The van der Waals surface area contributed by atoms with Gasteiger partial charge in [0, 0.05) is 37.1 Å². The monoisotopic (exact) mass is 427 g/mol. The fourth-order valence-corrected chi connectivity index (χ4v) is 5.81. The van der Waals surface area contributed by atoms with Gasteiger partial charge in [0.2, 0.25) is 10.0 Å². The molecule has 1 aliphatic rings. The lowest BCUT2D eigenvalue weighted by Crippen LogP contribution is -2.48. The van der Waals surface area contributed by atoms with Crippen molar-refractivity contribution in [1.29, 1.82) is 0 Å². The molecule has 1 atom stereocenters. The van der Waals surface area contributed by atoms with Crippen LogP contribution in [-0.4, -0.2) is 37.3 Å². The highest BCUT2D eigenvalue weighted by molar-refractivity contribution is 7.89. The Morgan fingerprint density at radius 1 is 1.07 bits per heavy atom. The summed E-state index contributed by atoms with van der Waals surface area (Å²) < 4.78 is 28.7. The standard InChI is InChI=1S/C22H22ClN3O2S/c1-16-20(23)6-3-7-22(16)29(27,28)26-13-12-25-15-21(26)19-5-2-4-18(14-19)17-8-10-24-11-9-17/h2-11,14,21,25H,12-13,15H2,1H3. The lowest BCUT2D eigenvalue weighted by molar-refractivity contribution is 0.271. The minimum absolute atomic E-state index is 0.266. The molecule has 5 nitrogen and oxygen atoms in total. The molecule has 0 bridgehead atoms. The Labute approximate surface area is 176 Å². The van der Waals surface area contributed by atoms with E-state index in [9.17, 15) is 8.42 Å². The number of aromatic nitrogens is 1. The maximum Gasteiger partial charge on any atom is 0.244 e. The van der Waals surface area contributed by atoms with Crippen molar-refractivity contribution in [2.45, 2.75) is 17.9 Å². The molecule has 0 amide bonds. The van der Waals surface area contributed by atoms with Gasteiger partial charge in [-0.15, -0.1) is 0 Å². The zero-order valence-electron chi connectivity index (χ0n) is 16.0. The fourth-order valence-electron chi connectivity index (χ4n) is 3.72. The number of halogens is 1. The van der Waals surface area contributed by atoms with Crippen LogP contribution in [0.2, 0.25) is 5.02 Å². The van der Waals surface area contributed by atoms with Gasteiger partial charge in [0.1, 0.15) is 0 Å². The SMILES string of the molecule is Cc1c(Cl)cccc1S(=O)(=O)N1CCNCC1c1cccc(-c2ccncc2)c1. The van der Waals surface area contributed by atoms with Crippen molar-refractivity contribution in [1.82, 2.24) is 14.6 Å². The van der Waals surface area contributed by atoms with Gasteiger partial charge in [-0.2, -0.15) is 4.31 Å². The van der Waals surface area contributed by atoms with E-state index in [1.54, 1.807) is 41.8 Å². The summed E-state index contributed by atoms with van der Waals surface area (Å²) in [5.41, 5.74) is 3.62. The molecule has 1 unspecified atom stereocenters. The summed E-state index contributed by atoms with van der Waals surface area (Å²) in [7, 11) is -3.69. The second kappa shape index (κ2) is 8.24. The molecular formula is C22H22ClN3O2S. The molecule has 3 aromatic rings. The topological polar surface area (TPSA) is 62.3 Å². The minimum Gasteiger partial charge on any atom is -0.313 e. The van der Waals surface area contributed by atoms with Gasteiger partial charge < -0.3 is 5.32 Å². The van der Waals surface area contributed by atoms with Crippen molar-refractivity contribution in [2.24, 2.45) is 0 Å². The number of nitrogens with one attached hydrogen (secondary N) is 1. The van der Waals surface area contributed by atoms with Gasteiger partial charge in [0.05, 0.1) is 10.9 Å². The van der Waals surface area contributed by atoms with E-state index in [2.05, 4.69) is 16.4 Å². The van der Waals surface area contributed by atoms with Crippen molar-refractivity contribution >= 4 is 21.6 Å². The van der Waals surface area contributed by atoms with Crippen molar-refractivity contribution < 1.29 is 8.42 Å². The third-order valence-corrected chi connectivity index (χ3v) is 7.75. The molecule has 4 rings (SSSR count). The molecule has 1 N–H and O–H groups in total. The number of benzene rings is 2. The first kappa shape index (κ1) is 20.0. The first-order valence-corrected chi connectivity index (χ1v) is 11.3. The average molecular weight is 428 g/mol. The summed E-state index contributed by atoms with van der Waals surface area (Å²) in [6.45, 7) is 3.31. The van der Waals surface area contributed by atoms with E-state index in [4.69, 9.17) is 11.6 Å². The minimum atomic E-state index is -3.69. The highest BCUT2D eigenvalue weighted by atomic mass is 35.5. The normalized spacial score (nSPS) is 17.9. The molecule has 29 heavy (non-hydrogen) atoms. The Kier molecular flexibility index (Phi) is 5.69. The summed E-state index contributed by atoms with van der Waals surface area (Å²) in [5, 5.41) is 3.79. The van der Waals surface area contributed by atoms with E-state index in [1.165, 1.54) is 0 Å². The van der Waals surface area contributed by atoms with Crippen molar-refractivity contribution in [3.8, 4) is 11.1 Å². The Bertz CT molecular complexity index is 1120. The maximum atomic E-state index is 13.5. The number of piperazine rings is 1. The second-order valence-corrected chi connectivity index (χ2v) is 9.33. The Morgan fingerprint density at radius 2 is 1.83 bits per heavy atom. The molecule has 1 aromatic heterocycles. The molecular weight excluding hydrogens is 406 g/mol. The van der Waals surface area contributed by atoms with Crippen LogP contribution in [0.25, 0.3) is 11.1 Å². The van der Waals surface area contributed by atoms with Crippen LogP contribution >= 0.6 is 11.6 Å². The van der Waals surface area contributed by atoms with Crippen molar-refractivity contribution in [2.75, 3.05) is 19.6 Å². The first-order chi connectivity index (χ1) is 14.0. The highest BCUT2D eigenvalue weighted by Gasteiger charge is 2.35. The molecule has 150 valence electrons. The van der Waals surface area contributed by atoms with E-state index in [0.29, 0.717) is 30.2 Å². The molecule has 0 saturated carbocycles. The number of hydrogen-bond acceptors (Lipinski definition) is 4. The largest absolute Gasteiger partial charge is 0.313 e. The maximum absolute atomic E-state index is 13.5. The van der Waals surface area contributed by atoms with E-state index >= 15 is 0 Å². The lowest BCUT2D eigenvalue weighted by Gasteiger charge is -2.36. The van der Waals surface area contributed by atoms with Gasteiger partial charge in [-0.05, 0) is 59.5 Å². The predicted octanol–water partition coefficient (Wildman–Crippen LogP) is 4.05. The van der Waals surface area contributed by atoms with Gasteiger partial charge in [-0.3, -0.25) is 4.98 Å². The van der Waals surface area contributed by atoms with Crippen LogP contribution in [-0.2, 0) is 10.0 Å². The Balaban J connectivity index is 1.75. The summed E-state index contributed by atoms with van der Waals surface area (Å²) in [5.74, 6) is 0. The van der Waals surface area contributed by atoms with Gasteiger partial charge in [0.25, 0.3) is 0 Å². The Hall–Kier alpha value is -2.25. The van der Waals surface area contributed by atoms with Gasteiger partial charge >= 0.3 is 0 Å². The summed E-state index contributed by atoms with van der Waals surface area (Å²) in [6.07, 6.45) is 3.51. The summed E-state index contributed by atoms with van der Waals surface area (Å²) in [4.78, 5) is 4.33. The van der Waals surface area contributed by atoms with Crippen LogP contribution in [0.4, 0.5) is 0 Å². The number of sulfonamides is 1. The molecule has 1 fully saturated rings. The third kappa shape index (κ3) is 3.94. The lowest BCUT2D eigenvalue weighted by atomic mass is 9.99. The average Bonchev–Trinajstić information content (AvgIpc) is 2.76. The van der Waals surface area contributed by atoms with E-state index < -0.39 is 10.0 Å². The first-order valence-electron chi connectivity index (χ1n) is 9.46. The Morgan fingerprint density at radius 3 is 2.62 bits per heavy atom. The molecule has 2 aromatic carbocycles. The quantitative estimate of drug-likeness (QED) is 0.682. The van der Waals surface area contributed by atoms with E-state index in [-0.39, 0.29) is 10.9 Å². The smallest absolute Gasteiger partial charge is 0.244 e. The van der Waals surface area contributed by atoms with Crippen LogP contribution in [0.1, 0.15) is 17.2 Å². The molecule has 2 heterocycles. The zero-order chi connectivity index (χ0) is 20.4. The van der Waals surface area contributed by atoms with Crippen molar-refractivity contribution in [3.63, 3.8) is 0 Å². The highest BCUT2D eigenvalue weighted by Crippen LogP contribution is 2.33. The summed E-state index contributed by atoms with van der Waals surface area (Å²) >= 11 is 6.20. The number of hydrogen-bond donors (Lipinski definition) is 1. The summed E-state index contributed by atoms with van der Waals surface area (Å²) in [6, 6.07) is 16.6. The second-order valence-electron chi connectivity index (χ2n) is 7.06. The van der Waals surface area contributed by atoms with Crippen LogP contribution in [0.5, 0.6) is 0 Å². The van der Waals surface area contributed by atoms with Crippen molar-refractivity contribution in [3.05, 3.63) is 83.1 Å². The molecule has 1 aliphatic heterocycles. The molecule has 0 spiro atoms. The van der Waals surface area contributed by atoms with Gasteiger partial charge in [0.15, 0.2) is 0 Å². The van der Waals surface area contributed by atoms with Crippen LogP contribution in [0.3, 0.4) is 0 Å². The van der Waals surface area contributed by atoms with Gasteiger partial charge in [-0.1, -0.05) is 35.9 Å². The number of rotatable bonds is 4. The van der Waals surface area contributed by atoms with Gasteiger partial charge in [-0.25, -0.2) is 8.42 Å². The predicted molar refractivity (Wildman–Crippen MR) is 115 cm³/mol. The van der Waals surface area contributed by atoms with Crippen LogP contribution in [0, 0.1) is 6.92 Å². The zero-order valence-corrected chi connectivity index (χ0v) is 17.6. The van der Waals surface area contributed by atoms with Crippen LogP contribution in [0.15, 0.2) is 71.9 Å². The van der Waals surface area contributed by atoms with E-state index in [1.807, 2.05) is 30.3 Å². The third-order valence-electron chi connectivity index (χ3n) is 5.28. The molecule has 0 radical (unpaired) electrons. The molecule has 1 saturated heterocycles. The fraction of sp³-hybridized carbons (Fsp3) is 0.227. The van der Waals surface area contributed by atoms with Crippen LogP contribution < -0.4 is 5.32 Å². The molecule has 0 aliphatic carbocycles.